The fraction of sp³-hybridized carbons (Fsp3) is 0.385. The molecule has 1 heterocycles. The molecule has 1 unspecified atom stereocenters. The van der Waals surface area contributed by atoms with Crippen LogP contribution in [-0.4, -0.2) is 16.9 Å². The Morgan fingerprint density at radius 1 is 1.65 bits per heavy atom. The number of H-pyrrole nitrogens is 1. The normalized spacial score (nSPS) is 11.6. The molecule has 1 amide bonds. The first-order valence-corrected chi connectivity index (χ1v) is 5.54. The van der Waals surface area contributed by atoms with Crippen LogP contribution in [-0.2, 0) is 0 Å². The predicted octanol–water partition coefficient (Wildman–Crippen LogP) is 1.22. The van der Waals surface area contributed by atoms with Gasteiger partial charge in [0.15, 0.2) is 5.43 Å². The van der Waals surface area contributed by atoms with E-state index >= 15 is 0 Å². The molecule has 1 aromatic heterocycles. The number of pyridine rings is 1. The van der Waals surface area contributed by atoms with Gasteiger partial charge in [0, 0.05) is 18.0 Å². The quantitative estimate of drug-likeness (QED) is 0.767. The summed E-state index contributed by atoms with van der Waals surface area (Å²) >= 11 is 0. The lowest BCUT2D eigenvalue weighted by molar-refractivity contribution is 0.0943. The molecule has 0 saturated carbocycles. The fourth-order valence-electron chi connectivity index (χ4n) is 1.47. The van der Waals surface area contributed by atoms with Crippen molar-refractivity contribution in [2.45, 2.75) is 32.7 Å². The Morgan fingerprint density at radius 3 is 2.88 bits per heavy atom. The molecular weight excluding hydrogens is 216 g/mol. The first-order valence-electron chi connectivity index (χ1n) is 5.54. The van der Waals surface area contributed by atoms with Gasteiger partial charge in [-0.25, -0.2) is 0 Å². The third kappa shape index (κ3) is 3.49. The number of hydrogen-bond donors (Lipinski definition) is 2. The van der Waals surface area contributed by atoms with E-state index in [1.807, 2.05) is 6.92 Å². The molecule has 1 aromatic rings. The van der Waals surface area contributed by atoms with Crippen LogP contribution in [0.5, 0.6) is 0 Å². The zero-order valence-electron chi connectivity index (χ0n) is 10.0. The van der Waals surface area contributed by atoms with Crippen molar-refractivity contribution in [2.75, 3.05) is 0 Å². The summed E-state index contributed by atoms with van der Waals surface area (Å²) in [7, 11) is 0. The van der Waals surface area contributed by atoms with Crippen LogP contribution in [0, 0.1) is 19.3 Å². The second-order valence-corrected chi connectivity index (χ2v) is 3.88. The summed E-state index contributed by atoms with van der Waals surface area (Å²) in [4.78, 5) is 26.2. The number of aromatic nitrogens is 1. The van der Waals surface area contributed by atoms with Crippen LogP contribution >= 0.6 is 0 Å². The van der Waals surface area contributed by atoms with E-state index in [-0.39, 0.29) is 17.0 Å². The van der Waals surface area contributed by atoms with Gasteiger partial charge >= 0.3 is 0 Å². The molecule has 4 heteroatoms. The van der Waals surface area contributed by atoms with Crippen molar-refractivity contribution in [3.05, 3.63) is 33.7 Å². The molecular formula is C13H16N2O2. The van der Waals surface area contributed by atoms with Crippen molar-refractivity contribution < 1.29 is 4.79 Å². The third-order valence-electron chi connectivity index (χ3n) is 2.39. The summed E-state index contributed by atoms with van der Waals surface area (Å²) in [5.74, 6) is 2.06. The average molecular weight is 232 g/mol. The number of carbonyl (C=O) groups is 1. The van der Waals surface area contributed by atoms with Crippen molar-refractivity contribution in [1.29, 1.82) is 0 Å². The maximum absolute atomic E-state index is 11.8. The van der Waals surface area contributed by atoms with Crippen LogP contribution in [0.4, 0.5) is 0 Å². The van der Waals surface area contributed by atoms with Gasteiger partial charge in [0.05, 0.1) is 6.04 Å². The highest BCUT2D eigenvalue weighted by Crippen LogP contribution is 1.98. The highest BCUT2D eigenvalue weighted by atomic mass is 16.2. The monoisotopic (exact) mass is 232 g/mol. The van der Waals surface area contributed by atoms with Gasteiger partial charge in [0.25, 0.3) is 5.91 Å². The zero-order chi connectivity index (χ0) is 12.8. The van der Waals surface area contributed by atoms with E-state index in [2.05, 4.69) is 16.2 Å². The standard InChI is InChI=1S/C13H16N2O2/c1-4-6-10(5-2)15-13(17)11-8-14-9(3)7-12(11)16/h2,7-8,10H,4,6H2,1,3H3,(H,14,16)(H,15,17). The van der Waals surface area contributed by atoms with Crippen LogP contribution in [0.3, 0.4) is 0 Å². The molecule has 1 atom stereocenters. The van der Waals surface area contributed by atoms with Crippen LogP contribution in [0.25, 0.3) is 0 Å². The molecule has 17 heavy (non-hydrogen) atoms. The van der Waals surface area contributed by atoms with Gasteiger partial charge in [-0.1, -0.05) is 19.3 Å². The Balaban J connectivity index is 2.83. The third-order valence-corrected chi connectivity index (χ3v) is 2.39. The van der Waals surface area contributed by atoms with Gasteiger partial charge in [-0.15, -0.1) is 6.42 Å². The predicted molar refractivity (Wildman–Crippen MR) is 66.8 cm³/mol. The van der Waals surface area contributed by atoms with E-state index < -0.39 is 5.91 Å². The number of rotatable bonds is 4. The Bertz CT molecular complexity index is 497. The van der Waals surface area contributed by atoms with Crippen molar-refractivity contribution in [2.24, 2.45) is 0 Å². The van der Waals surface area contributed by atoms with Gasteiger partial charge in [0.2, 0.25) is 0 Å². The van der Waals surface area contributed by atoms with Gasteiger partial charge in [-0.2, -0.15) is 0 Å². The van der Waals surface area contributed by atoms with Gasteiger partial charge in [-0.3, -0.25) is 9.59 Å². The van der Waals surface area contributed by atoms with Crippen molar-refractivity contribution in [3.63, 3.8) is 0 Å². The Morgan fingerprint density at radius 2 is 2.35 bits per heavy atom. The molecule has 90 valence electrons. The summed E-state index contributed by atoms with van der Waals surface area (Å²) in [6, 6.07) is 1.06. The average Bonchev–Trinajstić information content (AvgIpc) is 2.28. The first kappa shape index (κ1) is 13.0. The minimum atomic E-state index is -0.428. The number of aromatic amines is 1. The first-order chi connectivity index (χ1) is 8.08. The molecule has 0 fully saturated rings. The smallest absolute Gasteiger partial charge is 0.257 e. The molecule has 0 radical (unpaired) electrons. The molecule has 4 nitrogen and oxygen atoms in total. The second-order valence-electron chi connectivity index (χ2n) is 3.88. The van der Waals surface area contributed by atoms with E-state index in [9.17, 15) is 9.59 Å². The van der Waals surface area contributed by atoms with Gasteiger partial charge < -0.3 is 10.3 Å². The van der Waals surface area contributed by atoms with E-state index in [4.69, 9.17) is 6.42 Å². The summed E-state index contributed by atoms with van der Waals surface area (Å²) in [6.45, 7) is 3.74. The Hall–Kier alpha value is -2.02. The van der Waals surface area contributed by atoms with Crippen LogP contribution in [0.2, 0.25) is 0 Å². The van der Waals surface area contributed by atoms with Crippen LogP contribution < -0.4 is 10.7 Å². The van der Waals surface area contributed by atoms with Gasteiger partial charge in [-0.05, 0) is 13.3 Å². The van der Waals surface area contributed by atoms with Crippen molar-refractivity contribution in [3.8, 4) is 12.3 Å². The largest absolute Gasteiger partial charge is 0.364 e. The summed E-state index contributed by atoms with van der Waals surface area (Å²) < 4.78 is 0. The zero-order valence-corrected chi connectivity index (χ0v) is 10.0. The van der Waals surface area contributed by atoms with Crippen LogP contribution in [0.1, 0.15) is 35.8 Å². The molecule has 0 aliphatic rings. The minimum Gasteiger partial charge on any atom is -0.364 e. The fourth-order valence-corrected chi connectivity index (χ4v) is 1.47. The number of hydrogen-bond acceptors (Lipinski definition) is 2. The molecule has 2 N–H and O–H groups in total. The highest BCUT2D eigenvalue weighted by Gasteiger charge is 2.13. The number of carbonyl (C=O) groups excluding carboxylic acids is 1. The lowest BCUT2D eigenvalue weighted by Crippen LogP contribution is -2.36. The van der Waals surface area contributed by atoms with E-state index in [0.717, 1.165) is 6.42 Å². The number of terminal acetylenes is 1. The Kier molecular flexibility index (Phi) is 4.53. The number of amides is 1. The van der Waals surface area contributed by atoms with Gasteiger partial charge in [0.1, 0.15) is 5.56 Å². The minimum absolute atomic E-state index is 0.0898. The lowest BCUT2D eigenvalue weighted by Gasteiger charge is -2.11. The molecule has 0 aromatic carbocycles. The topological polar surface area (TPSA) is 62.0 Å². The molecule has 0 bridgehead atoms. The summed E-state index contributed by atoms with van der Waals surface area (Å²) in [5, 5.41) is 2.65. The van der Waals surface area contributed by atoms with E-state index in [1.165, 1.54) is 12.3 Å². The molecule has 0 spiro atoms. The second kappa shape index (κ2) is 5.90. The molecule has 0 aliphatic heterocycles. The molecule has 0 saturated heterocycles. The van der Waals surface area contributed by atoms with E-state index in [0.29, 0.717) is 12.1 Å². The highest BCUT2D eigenvalue weighted by molar-refractivity contribution is 5.94. The summed E-state index contributed by atoms with van der Waals surface area (Å²) in [6.07, 6.45) is 8.28. The van der Waals surface area contributed by atoms with Crippen molar-refractivity contribution >= 4 is 5.91 Å². The SMILES string of the molecule is C#CC(CCC)NC(=O)c1c[nH]c(C)cc1=O. The molecule has 1 rings (SSSR count). The van der Waals surface area contributed by atoms with E-state index in [1.54, 1.807) is 6.92 Å². The Labute approximate surface area is 100 Å². The maximum atomic E-state index is 11.8. The summed E-state index contributed by atoms with van der Waals surface area (Å²) in [5.41, 5.74) is 0.506. The molecule has 0 aliphatic carbocycles. The number of nitrogens with one attached hydrogen (secondary N) is 2. The van der Waals surface area contributed by atoms with Crippen LogP contribution in [0.15, 0.2) is 17.1 Å². The van der Waals surface area contributed by atoms with Crippen molar-refractivity contribution in [1.82, 2.24) is 10.3 Å². The number of aryl methyl sites for hydroxylation is 1. The maximum Gasteiger partial charge on any atom is 0.257 e. The lowest BCUT2D eigenvalue weighted by atomic mass is 10.1.